The van der Waals surface area contributed by atoms with Crippen LogP contribution in [0.5, 0.6) is 0 Å². The molecule has 1 aromatic heterocycles. The summed E-state index contributed by atoms with van der Waals surface area (Å²) in [6.45, 7) is 3.83. The predicted octanol–water partition coefficient (Wildman–Crippen LogP) is 1.74. The lowest BCUT2D eigenvalue weighted by Gasteiger charge is -2.34. The van der Waals surface area contributed by atoms with Crippen LogP contribution in [-0.2, 0) is 4.79 Å². The number of thiazole rings is 1. The van der Waals surface area contributed by atoms with Crippen LogP contribution in [0.2, 0.25) is 0 Å². The second-order valence-corrected chi connectivity index (χ2v) is 9.34. The van der Waals surface area contributed by atoms with Gasteiger partial charge in [0.25, 0.3) is 17.5 Å². The molecular formula is C23H22N6O5S. The molecule has 1 fully saturated rings. The average Bonchev–Trinajstić information content (AvgIpc) is 3.39. The maximum atomic E-state index is 12.4. The zero-order chi connectivity index (χ0) is 24.5. The first-order valence-electron chi connectivity index (χ1n) is 11.1. The first kappa shape index (κ1) is 22.9. The molecule has 2 aliphatic rings. The number of nitrogens with zero attached hydrogens (tertiary/aromatic N) is 5. The number of fused-ring (bicyclic) bond motifs is 2. The average molecular weight is 495 g/mol. The molecule has 0 saturated carbocycles. The number of nitro groups is 1. The minimum atomic E-state index is -0.443. The largest absolute Gasteiger partial charge is 0.353 e. The van der Waals surface area contributed by atoms with Crippen molar-refractivity contribution < 1.29 is 19.3 Å². The summed E-state index contributed by atoms with van der Waals surface area (Å²) in [6, 6.07) is 11.3. The molecule has 3 amide bonds. The van der Waals surface area contributed by atoms with Gasteiger partial charge in [-0.3, -0.25) is 34.3 Å². The van der Waals surface area contributed by atoms with Gasteiger partial charge in [-0.15, -0.1) is 0 Å². The second kappa shape index (κ2) is 9.39. The van der Waals surface area contributed by atoms with Crippen molar-refractivity contribution in [1.82, 2.24) is 20.1 Å². The van der Waals surface area contributed by atoms with Gasteiger partial charge in [-0.1, -0.05) is 23.5 Å². The number of rotatable bonds is 7. The number of carbonyl (C=O) groups is 3. The number of non-ortho nitro benzene ring substituents is 1. The van der Waals surface area contributed by atoms with Crippen LogP contribution in [0.25, 0.3) is 10.2 Å². The fourth-order valence-corrected chi connectivity index (χ4v) is 5.30. The highest BCUT2D eigenvalue weighted by molar-refractivity contribution is 7.22. The van der Waals surface area contributed by atoms with Gasteiger partial charge in [0, 0.05) is 51.4 Å². The van der Waals surface area contributed by atoms with Gasteiger partial charge in [-0.25, -0.2) is 4.98 Å². The summed E-state index contributed by atoms with van der Waals surface area (Å²) in [5.74, 6) is -1.26. The summed E-state index contributed by atoms with van der Waals surface area (Å²) in [4.78, 5) is 57.7. The number of amides is 3. The molecule has 1 saturated heterocycles. The van der Waals surface area contributed by atoms with Crippen molar-refractivity contribution in [1.29, 1.82) is 0 Å². The molecule has 0 bridgehead atoms. The number of benzene rings is 2. The minimum absolute atomic E-state index is 0.0579. The first-order valence-corrected chi connectivity index (χ1v) is 12.0. The van der Waals surface area contributed by atoms with Gasteiger partial charge < -0.3 is 10.2 Å². The monoisotopic (exact) mass is 494 g/mol. The van der Waals surface area contributed by atoms with E-state index in [4.69, 9.17) is 0 Å². The quantitative estimate of drug-likeness (QED) is 0.299. The molecule has 0 atom stereocenters. The van der Waals surface area contributed by atoms with Gasteiger partial charge in [-0.05, 0) is 18.2 Å². The number of aromatic nitrogens is 1. The number of piperazine rings is 1. The molecule has 0 aliphatic carbocycles. The number of carbonyl (C=O) groups excluding carboxylic acids is 3. The van der Waals surface area contributed by atoms with E-state index in [2.05, 4.69) is 20.1 Å². The van der Waals surface area contributed by atoms with E-state index >= 15 is 0 Å². The normalized spacial score (nSPS) is 16.1. The first-order chi connectivity index (χ1) is 16.9. The van der Waals surface area contributed by atoms with Gasteiger partial charge in [0.2, 0.25) is 5.91 Å². The molecule has 35 heavy (non-hydrogen) atoms. The van der Waals surface area contributed by atoms with E-state index in [1.54, 1.807) is 36.4 Å². The van der Waals surface area contributed by atoms with Gasteiger partial charge in [0.15, 0.2) is 5.13 Å². The highest BCUT2D eigenvalue weighted by Crippen LogP contribution is 2.31. The van der Waals surface area contributed by atoms with Crippen molar-refractivity contribution in [2.24, 2.45) is 0 Å². The molecule has 3 heterocycles. The van der Waals surface area contributed by atoms with E-state index in [1.807, 2.05) is 0 Å². The van der Waals surface area contributed by atoms with E-state index < -0.39 is 16.7 Å². The minimum Gasteiger partial charge on any atom is -0.353 e. The summed E-state index contributed by atoms with van der Waals surface area (Å²) in [7, 11) is 0. The molecule has 1 N–H and O–H groups in total. The van der Waals surface area contributed by atoms with E-state index in [1.165, 1.54) is 17.4 Å². The van der Waals surface area contributed by atoms with E-state index in [-0.39, 0.29) is 18.1 Å². The van der Waals surface area contributed by atoms with Crippen LogP contribution in [0, 0.1) is 10.1 Å². The highest BCUT2D eigenvalue weighted by Gasteiger charge is 2.36. The molecular weight excluding hydrogens is 472 g/mol. The fourth-order valence-electron chi connectivity index (χ4n) is 4.25. The molecule has 3 aromatic rings. The van der Waals surface area contributed by atoms with Crippen LogP contribution < -0.4 is 10.2 Å². The van der Waals surface area contributed by atoms with Gasteiger partial charge in [0.1, 0.15) is 6.54 Å². The fraction of sp³-hybridized carbons (Fsp3) is 0.304. The third-order valence-electron chi connectivity index (χ3n) is 6.14. The van der Waals surface area contributed by atoms with Gasteiger partial charge in [0.05, 0.1) is 26.3 Å². The van der Waals surface area contributed by atoms with E-state index in [0.717, 1.165) is 46.4 Å². The molecule has 11 nitrogen and oxygen atoms in total. The van der Waals surface area contributed by atoms with Crippen LogP contribution in [0.1, 0.15) is 20.7 Å². The Balaban J connectivity index is 1.08. The number of nitrogens with one attached hydrogen (secondary N) is 1. The van der Waals surface area contributed by atoms with Crippen LogP contribution in [0.15, 0.2) is 42.5 Å². The number of hydrogen-bond donors (Lipinski definition) is 1. The number of imide groups is 1. The zero-order valence-corrected chi connectivity index (χ0v) is 19.5. The third kappa shape index (κ3) is 4.57. The summed E-state index contributed by atoms with van der Waals surface area (Å²) in [5.41, 5.74) is 1.46. The summed E-state index contributed by atoms with van der Waals surface area (Å²) in [5, 5.41) is 14.6. The van der Waals surface area contributed by atoms with Gasteiger partial charge >= 0.3 is 0 Å². The van der Waals surface area contributed by atoms with Crippen LogP contribution >= 0.6 is 11.3 Å². The van der Waals surface area contributed by atoms with Gasteiger partial charge in [-0.2, -0.15) is 0 Å². The predicted molar refractivity (Wildman–Crippen MR) is 130 cm³/mol. The molecule has 2 aromatic carbocycles. The standard InChI is InChI=1S/C23H22N6O5S/c30-20(14-28-21(31)16-3-1-2-4-17(16)22(28)32)24-7-8-26-9-11-27(12-10-26)23-25-18-6-5-15(29(33)34)13-19(18)35-23/h1-6,13H,7-12,14H2,(H,24,30). The summed E-state index contributed by atoms with van der Waals surface area (Å²) >= 11 is 1.44. The Labute approximate surface area is 204 Å². The maximum absolute atomic E-state index is 12.4. The van der Waals surface area contributed by atoms with Crippen LogP contribution in [-0.4, -0.2) is 83.2 Å². The Kier molecular flexibility index (Phi) is 6.14. The number of nitro benzene ring substituents is 1. The van der Waals surface area contributed by atoms with E-state index in [9.17, 15) is 24.5 Å². The van der Waals surface area contributed by atoms with Crippen molar-refractivity contribution in [2.75, 3.05) is 50.7 Å². The van der Waals surface area contributed by atoms with Crippen molar-refractivity contribution in [3.05, 3.63) is 63.7 Å². The van der Waals surface area contributed by atoms with Crippen molar-refractivity contribution in [3.8, 4) is 0 Å². The van der Waals surface area contributed by atoms with Crippen LogP contribution in [0.4, 0.5) is 10.8 Å². The molecule has 0 radical (unpaired) electrons. The third-order valence-corrected chi connectivity index (χ3v) is 7.22. The molecule has 0 spiro atoms. The number of hydrogen-bond acceptors (Lipinski definition) is 9. The van der Waals surface area contributed by atoms with E-state index in [0.29, 0.717) is 24.2 Å². The lowest BCUT2D eigenvalue weighted by molar-refractivity contribution is -0.384. The second-order valence-electron chi connectivity index (χ2n) is 8.33. The molecule has 2 aliphatic heterocycles. The Morgan fingerprint density at radius 2 is 1.74 bits per heavy atom. The molecule has 0 unspecified atom stereocenters. The smallest absolute Gasteiger partial charge is 0.270 e. The SMILES string of the molecule is O=C(CN1C(=O)c2ccccc2C1=O)NCCN1CCN(c2nc3ccc([N+](=O)[O-])cc3s2)CC1. The lowest BCUT2D eigenvalue weighted by atomic mass is 10.1. The Bertz CT molecular complexity index is 1300. The van der Waals surface area contributed by atoms with Crippen molar-refractivity contribution in [2.45, 2.75) is 0 Å². The topological polar surface area (TPSA) is 129 Å². The van der Waals surface area contributed by atoms with Crippen molar-refractivity contribution in [3.63, 3.8) is 0 Å². The molecule has 5 rings (SSSR count). The zero-order valence-electron chi connectivity index (χ0n) is 18.7. The van der Waals surface area contributed by atoms with Crippen LogP contribution in [0.3, 0.4) is 0 Å². The Hall–Kier alpha value is -3.90. The Morgan fingerprint density at radius 1 is 1.06 bits per heavy atom. The highest BCUT2D eigenvalue weighted by atomic mass is 32.1. The Morgan fingerprint density at radius 3 is 2.40 bits per heavy atom. The summed E-state index contributed by atoms with van der Waals surface area (Å²) in [6.07, 6.45) is 0. The molecule has 180 valence electrons. The number of anilines is 1. The lowest BCUT2D eigenvalue weighted by Crippen LogP contribution is -2.49. The molecule has 12 heteroatoms. The van der Waals surface area contributed by atoms with Crippen molar-refractivity contribution >= 4 is 50.1 Å². The summed E-state index contributed by atoms with van der Waals surface area (Å²) < 4.78 is 0.789. The maximum Gasteiger partial charge on any atom is 0.270 e.